The van der Waals surface area contributed by atoms with Gasteiger partial charge in [-0.25, -0.2) is 0 Å². The standard InChI is InChI=1S/C19H19F2NO4/c1-25-17-11-13(7-8-16(17)23)9-10-22-18(24)15(12-26-19(20)21)14-5-3-2-4-6-14/h2-8,11-12,19,23H,9-10H2,1H3,(H,22,24)/b15-12+. The molecular formula is C19H19F2NO4. The van der Waals surface area contributed by atoms with Gasteiger partial charge in [-0.3, -0.25) is 4.79 Å². The minimum Gasteiger partial charge on any atom is -0.504 e. The molecular weight excluding hydrogens is 344 g/mol. The highest BCUT2D eigenvalue weighted by molar-refractivity contribution is 6.19. The summed E-state index contributed by atoms with van der Waals surface area (Å²) in [7, 11) is 1.44. The number of aromatic hydroxyl groups is 1. The maximum atomic E-state index is 12.4. The van der Waals surface area contributed by atoms with Crippen LogP contribution in [0.1, 0.15) is 11.1 Å². The number of phenols is 1. The second-order valence-corrected chi connectivity index (χ2v) is 5.31. The number of carbonyl (C=O) groups is 1. The average molecular weight is 363 g/mol. The summed E-state index contributed by atoms with van der Waals surface area (Å²) < 4.78 is 33.9. The van der Waals surface area contributed by atoms with E-state index in [2.05, 4.69) is 10.1 Å². The lowest BCUT2D eigenvalue weighted by Gasteiger charge is -2.11. The highest BCUT2D eigenvalue weighted by atomic mass is 19.3. The molecule has 138 valence electrons. The SMILES string of the molecule is COc1cc(CCNC(=O)/C(=C/OC(F)F)c2ccccc2)ccc1O. The van der Waals surface area contributed by atoms with Gasteiger partial charge in [0.15, 0.2) is 11.5 Å². The number of alkyl halides is 2. The molecule has 7 heteroatoms. The second kappa shape index (κ2) is 9.41. The van der Waals surface area contributed by atoms with E-state index in [0.29, 0.717) is 17.7 Å². The van der Waals surface area contributed by atoms with E-state index < -0.39 is 12.5 Å². The van der Waals surface area contributed by atoms with Crippen LogP contribution in [0.5, 0.6) is 11.5 Å². The van der Waals surface area contributed by atoms with Crippen LogP contribution in [0.15, 0.2) is 54.8 Å². The van der Waals surface area contributed by atoms with Crippen molar-refractivity contribution < 1.29 is 28.2 Å². The predicted octanol–water partition coefficient (Wildman–Crippen LogP) is 3.34. The lowest BCUT2D eigenvalue weighted by molar-refractivity contribution is -0.116. The first kappa shape index (κ1) is 19.2. The number of benzene rings is 2. The van der Waals surface area contributed by atoms with Crippen LogP contribution in [-0.2, 0) is 16.0 Å². The van der Waals surface area contributed by atoms with Crippen LogP contribution in [-0.4, -0.2) is 31.3 Å². The van der Waals surface area contributed by atoms with Gasteiger partial charge in [0.05, 0.1) is 12.7 Å². The van der Waals surface area contributed by atoms with Gasteiger partial charge in [-0.05, 0) is 29.7 Å². The van der Waals surface area contributed by atoms with Gasteiger partial charge in [-0.2, -0.15) is 8.78 Å². The number of phenolic OH excluding ortho intramolecular Hbond substituents is 1. The molecule has 2 rings (SSSR count). The summed E-state index contributed by atoms with van der Waals surface area (Å²) in [5.74, 6) is -0.162. The van der Waals surface area contributed by atoms with Gasteiger partial charge < -0.3 is 19.9 Å². The molecule has 0 aliphatic rings. The monoisotopic (exact) mass is 363 g/mol. The van der Waals surface area contributed by atoms with Crippen LogP contribution >= 0.6 is 0 Å². The van der Waals surface area contributed by atoms with Gasteiger partial charge >= 0.3 is 6.61 Å². The Morgan fingerprint density at radius 3 is 2.62 bits per heavy atom. The summed E-state index contributed by atoms with van der Waals surface area (Å²) in [5.41, 5.74) is 1.32. The summed E-state index contributed by atoms with van der Waals surface area (Å²) in [5, 5.41) is 12.2. The Kier molecular flexibility index (Phi) is 6.96. The Bertz CT molecular complexity index is 763. The lowest BCUT2D eigenvalue weighted by atomic mass is 10.1. The summed E-state index contributed by atoms with van der Waals surface area (Å²) in [6.45, 7) is -2.74. The molecule has 0 radical (unpaired) electrons. The van der Waals surface area contributed by atoms with Gasteiger partial charge in [-0.1, -0.05) is 36.4 Å². The largest absolute Gasteiger partial charge is 0.504 e. The molecule has 2 N–H and O–H groups in total. The minimum absolute atomic E-state index is 0.00851. The van der Waals surface area contributed by atoms with Crippen LogP contribution in [0.4, 0.5) is 8.78 Å². The zero-order chi connectivity index (χ0) is 18.9. The van der Waals surface area contributed by atoms with Crippen LogP contribution in [0.3, 0.4) is 0 Å². The van der Waals surface area contributed by atoms with E-state index >= 15 is 0 Å². The number of methoxy groups -OCH3 is 1. The zero-order valence-electron chi connectivity index (χ0n) is 14.1. The number of rotatable bonds is 8. The van der Waals surface area contributed by atoms with E-state index in [-0.39, 0.29) is 17.9 Å². The molecule has 0 unspecified atom stereocenters. The van der Waals surface area contributed by atoms with E-state index in [4.69, 9.17) is 4.74 Å². The van der Waals surface area contributed by atoms with Crippen LogP contribution in [0.2, 0.25) is 0 Å². The molecule has 0 fully saturated rings. The summed E-state index contributed by atoms with van der Waals surface area (Å²) >= 11 is 0. The molecule has 0 saturated heterocycles. The van der Waals surface area contributed by atoms with Crippen molar-refractivity contribution in [1.29, 1.82) is 0 Å². The second-order valence-electron chi connectivity index (χ2n) is 5.31. The molecule has 5 nitrogen and oxygen atoms in total. The Balaban J connectivity index is 2.02. The van der Waals surface area contributed by atoms with Crippen molar-refractivity contribution in [2.75, 3.05) is 13.7 Å². The van der Waals surface area contributed by atoms with Crippen molar-refractivity contribution in [3.8, 4) is 11.5 Å². The summed E-state index contributed by atoms with van der Waals surface area (Å²) in [6.07, 6.45) is 1.24. The van der Waals surface area contributed by atoms with Gasteiger partial charge in [0.25, 0.3) is 5.91 Å². The molecule has 0 bridgehead atoms. The van der Waals surface area contributed by atoms with Crippen molar-refractivity contribution >= 4 is 11.5 Å². The molecule has 2 aromatic carbocycles. The zero-order valence-corrected chi connectivity index (χ0v) is 14.1. The fourth-order valence-corrected chi connectivity index (χ4v) is 2.28. The molecule has 26 heavy (non-hydrogen) atoms. The van der Waals surface area contributed by atoms with Gasteiger partial charge in [-0.15, -0.1) is 0 Å². The topological polar surface area (TPSA) is 67.8 Å². The fourth-order valence-electron chi connectivity index (χ4n) is 2.28. The predicted molar refractivity (Wildman–Crippen MR) is 92.9 cm³/mol. The Morgan fingerprint density at radius 2 is 1.96 bits per heavy atom. The molecule has 2 aromatic rings. The quantitative estimate of drug-likeness (QED) is 0.558. The number of amides is 1. The molecule has 0 aliphatic carbocycles. The first-order valence-corrected chi connectivity index (χ1v) is 7.84. The van der Waals surface area contributed by atoms with Crippen molar-refractivity contribution in [3.05, 3.63) is 65.9 Å². The Morgan fingerprint density at radius 1 is 1.23 bits per heavy atom. The van der Waals surface area contributed by atoms with Crippen molar-refractivity contribution in [1.82, 2.24) is 5.32 Å². The van der Waals surface area contributed by atoms with E-state index in [1.807, 2.05) is 0 Å². The number of nitrogens with one attached hydrogen (secondary N) is 1. The lowest BCUT2D eigenvalue weighted by Crippen LogP contribution is -2.26. The van der Waals surface area contributed by atoms with Gasteiger partial charge in [0.1, 0.15) is 6.26 Å². The Labute approximate surface area is 149 Å². The number of hydrogen-bond acceptors (Lipinski definition) is 4. The third-order valence-corrected chi connectivity index (χ3v) is 3.56. The number of halogens is 2. The van der Waals surface area contributed by atoms with E-state index in [1.54, 1.807) is 42.5 Å². The normalized spacial score (nSPS) is 11.3. The molecule has 0 saturated carbocycles. The van der Waals surface area contributed by atoms with Crippen molar-refractivity contribution in [2.24, 2.45) is 0 Å². The molecule has 1 amide bonds. The summed E-state index contributed by atoms with van der Waals surface area (Å²) in [4.78, 5) is 12.4. The third-order valence-electron chi connectivity index (χ3n) is 3.56. The molecule has 0 aliphatic heterocycles. The van der Waals surface area contributed by atoms with Crippen molar-refractivity contribution in [3.63, 3.8) is 0 Å². The average Bonchev–Trinajstić information content (AvgIpc) is 2.64. The smallest absolute Gasteiger partial charge is 0.386 e. The number of carbonyl (C=O) groups excluding carboxylic acids is 1. The highest BCUT2D eigenvalue weighted by Crippen LogP contribution is 2.26. The number of hydrogen-bond donors (Lipinski definition) is 2. The minimum atomic E-state index is -3.01. The maximum absolute atomic E-state index is 12.4. The van der Waals surface area contributed by atoms with Crippen LogP contribution in [0, 0.1) is 0 Å². The molecule has 0 aromatic heterocycles. The molecule has 0 heterocycles. The first-order chi connectivity index (χ1) is 12.5. The summed E-state index contributed by atoms with van der Waals surface area (Å²) in [6, 6.07) is 13.3. The Hall–Kier alpha value is -3.09. The van der Waals surface area contributed by atoms with Crippen LogP contribution in [0.25, 0.3) is 5.57 Å². The van der Waals surface area contributed by atoms with Gasteiger partial charge in [0.2, 0.25) is 0 Å². The van der Waals surface area contributed by atoms with Gasteiger partial charge in [0, 0.05) is 6.54 Å². The van der Waals surface area contributed by atoms with E-state index in [0.717, 1.165) is 11.8 Å². The third kappa shape index (κ3) is 5.47. The van der Waals surface area contributed by atoms with Crippen molar-refractivity contribution in [2.45, 2.75) is 13.0 Å². The molecule has 0 atom stereocenters. The number of ether oxygens (including phenoxy) is 2. The fraction of sp³-hybridized carbons (Fsp3) is 0.211. The van der Waals surface area contributed by atoms with E-state index in [1.165, 1.54) is 13.2 Å². The first-order valence-electron chi connectivity index (χ1n) is 7.84. The van der Waals surface area contributed by atoms with E-state index in [9.17, 15) is 18.7 Å². The highest BCUT2D eigenvalue weighted by Gasteiger charge is 2.13. The van der Waals surface area contributed by atoms with Crippen LogP contribution < -0.4 is 10.1 Å². The molecule has 0 spiro atoms. The maximum Gasteiger partial charge on any atom is 0.386 e.